The van der Waals surface area contributed by atoms with E-state index in [0.29, 0.717) is 13.0 Å². The third-order valence-corrected chi connectivity index (χ3v) is 7.66. The van der Waals surface area contributed by atoms with Gasteiger partial charge >= 0.3 is 0 Å². The van der Waals surface area contributed by atoms with Crippen molar-refractivity contribution in [3.05, 3.63) is 117 Å². The Balaban J connectivity index is 1.67. The molecule has 0 spiro atoms. The number of nitrogens with one attached hydrogen (secondary N) is 4. The predicted molar refractivity (Wildman–Crippen MR) is 181 cm³/mol. The number of nitrogens with zero attached hydrogens (tertiary/aromatic N) is 3. The molecule has 3 amide bonds. The van der Waals surface area contributed by atoms with Crippen LogP contribution in [0.3, 0.4) is 0 Å². The van der Waals surface area contributed by atoms with Crippen LogP contribution >= 0.6 is 0 Å². The lowest BCUT2D eigenvalue weighted by atomic mass is 9.90. The Morgan fingerprint density at radius 3 is 1.98 bits per heavy atom. The minimum absolute atomic E-state index is 0.0662. The van der Waals surface area contributed by atoms with Crippen molar-refractivity contribution < 1.29 is 19.4 Å². The number of carbonyl (C=O) groups is 3. The molecule has 0 bridgehead atoms. The van der Waals surface area contributed by atoms with Gasteiger partial charge in [0.05, 0.1) is 12.3 Å². The van der Waals surface area contributed by atoms with Gasteiger partial charge in [0.25, 0.3) is 5.96 Å². The first-order chi connectivity index (χ1) is 22.5. The van der Waals surface area contributed by atoms with Gasteiger partial charge in [0.15, 0.2) is 5.03 Å². The molecule has 13 heteroatoms. The average Bonchev–Trinajstić information content (AvgIpc) is 3.05. The minimum atomic E-state index is -0.902. The van der Waals surface area contributed by atoms with E-state index in [4.69, 9.17) is 5.73 Å². The Morgan fingerprint density at radius 2 is 1.43 bits per heavy atom. The molecule has 2 atom stereocenters. The van der Waals surface area contributed by atoms with Crippen molar-refractivity contribution in [2.75, 3.05) is 27.2 Å². The minimum Gasteiger partial charge on any atom is -0.365 e. The molecule has 0 heterocycles. The van der Waals surface area contributed by atoms with Crippen molar-refractivity contribution in [3.8, 4) is 0 Å². The van der Waals surface area contributed by atoms with Crippen LogP contribution in [0.2, 0.25) is 0 Å². The Hall–Kier alpha value is -5.30. The van der Waals surface area contributed by atoms with Crippen LogP contribution in [0.25, 0.3) is 0 Å². The highest BCUT2D eigenvalue weighted by Gasteiger charge is 2.27. The van der Waals surface area contributed by atoms with E-state index in [1.807, 2.05) is 111 Å². The van der Waals surface area contributed by atoms with Crippen molar-refractivity contribution in [1.29, 1.82) is 0 Å². The fourth-order valence-corrected chi connectivity index (χ4v) is 4.74. The number of guanidine groups is 1. The lowest BCUT2D eigenvalue weighted by Crippen LogP contribution is -2.48. The fourth-order valence-electron chi connectivity index (χ4n) is 4.74. The van der Waals surface area contributed by atoms with Crippen LogP contribution < -0.4 is 27.0 Å². The van der Waals surface area contributed by atoms with Crippen molar-refractivity contribution >= 4 is 23.7 Å². The number of rotatable bonds is 17. The molecule has 0 aliphatic rings. The van der Waals surface area contributed by atoms with E-state index in [1.165, 1.54) is 0 Å². The van der Waals surface area contributed by atoms with Crippen LogP contribution in [0.15, 0.2) is 90.0 Å². The van der Waals surface area contributed by atoms with Gasteiger partial charge in [-0.25, -0.2) is 10.1 Å². The molecule has 47 heavy (non-hydrogen) atoms. The van der Waals surface area contributed by atoms with Gasteiger partial charge in [0.1, 0.15) is 11.1 Å². The van der Waals surface area contributed by atoms with E-state index >= 15 is 0 Å². The number of carbonyl (C=O) groups excluding carboxylic acids is 3. The quantitative estimate of drug-likeness (QED) is 0.0486. The van der Waals surface area contributed by atoms with E-state index in [2.05, 4.69) is 26.4 Å². The normalized spacial score (nSPS) is 12.7. The summed E-state index contributed by atoms with van der Waals surface area (Å²) in [4.78, 5) is 52.2. The molecule has 0 saturated heterocycles. The Kier molecular flexibility index (Phi) is 14.3. The number of likely N-dealkylation sites (N-methyl/N-ethyl adjacent to an activating group) is 1. The summed E-state index contributed by atoms with van der Waals surface area (Å²) in [5.41, 5.74) is 8.74. The third-order valence-electron chi connectivity index (χ3n) is 7.66. The van der Waals surface area contributed by atoms with Crippen molar-refractivity contribution in [2.45, 2.75) is 50.7 Å². The van der Waals surface area contributed by atoms with Crippen LogP contribution in [0.5, 0.6) is 0 Å². The molecule has 0 saturated carbocycles. The monoisotopic (exact) mass is 644 g/mol. The SMILES string of the molecule is CC(CNC(=O)Cc1ccc(CNC(=O)[C@@H](CCCNC(N)=N[N+](=O)[O-])NC(=O)C(c2ccccc2)c2ccccc2)cc1)N(C)C. The topological polar surface area (TPSA) is 184 Å². The first-order valence-corrected chi connectivity index (χ1v) is 15.4. The standard InChI is InChI=1S/C34H44N8O5/c1-24(41(2)3)22-37-30(43)21-25-16-18-26(19-17-25)23-38-32(44)29(15-10-20-36-34(35)40-42(46)47)39-33(45)31(27-11-6-4-7-12-27)28-13-8-5-9-14-28/h4-9,11-14,16-19,24,29,31H,10,15,20-23H2,1-3H3,(H,37,43)(H,38,44)(H,39,45)(H3,35,36,40)/t24?,29-/m1/s1. The molecule has 3 aromatic rings. The zero-order valence-electron chi connectivity index (χ0n) is 27.0. The van der Waals surface area contributed by atoms with Gasteiger partial charge in [-0.3, -0.25) is 14.4 Å². The van der Waals surface area contributed by atoms with Crippen LogP contribution in [-0.4, -0.2) is 72.9 Å². The lowest BCUT2D eigenvalue weighted by molar-refractivity contribution is -0.485. The maximum atomic E-state index is 13.8. The summed E-state index contributed by atoms with van der Waals surface area (Å²) in [7, 11) is 3.92. The number of hydrogen-bond acceptors (Lipinski definition) is 6. The molecular formula is C34H44N8O5. The largest absolute Gasteiger partial charge is 0.365 e. The summed E-state index contributed by atoms with van der Waals surface area (Å²) in [5.74, 6) is -1.79. The second kappa shape index (κ2) is 18.6. The van der Waals surface area contributed by atoms with Gasteiger partial charge < -0.3 is 31.9 Å². The van der Waals surface area contributed by atoms with Crippen LogP contribution in [-0.2, 0) is 27.3 Å². The first kappa shape index (κ1) is 36.2. The van der Waals surface area contributed by atoms with E-state index < -0.39 is 17.0 Å². The van der Waals surface area contributed by atoms with Gasteiger partial charge in [-0.2, -0.15) is 0 Å². The fraction of sp³-hybridized carbons (Fsp3) is 0.353. The summed E-state index contributed by atoms with van der Waals surface area (Å²) >= 11 is 0. The molecule has 3 aromatic carbocycles. The average molecular weight is 645 g/mol. The highest BCUT2D eigenvalue weighted by molar-refractivity contribution is 5.92. The highest BCUT2D eigenvalue weighted by Crippen LogP contribution is 2.25. The first-order valence-electron chi connectivity index (χ1n) is 15.4. The van der Waals surface area contributed by atoms with Gasteiger partial charge in [0.2, 0.25) is 17.7 Å². The summed E-state index contributed by atoms with van der Waals surface area (Å²) < 4.78 is 0. The van der Waals surface area contributed by atoms with Gasteiger partial charge in [0, 0.05) is 25.7 Å². The molecule has 6 N–H and O–H groups in total. The maximum Gasteiger partial charge on any atom is 0.266 e. The number of nitrogens with two attached hydrogens (primary N) is 1. The molecule has 0 aliphatic heterocycles. The molecule has 1 unspecified atom stereocenters. The molecule has 0 radical (unpaired) electrons. The number of benzene rings is 3. The highest BCUT2D eigenvalue weighted by atomic mass is 16.7. The van der Waals surface area contributed by atoms with Gasteiger partial charge in [-0.05, 0) is 56.1 Å². The molecule has 0 aliphatic carbocycles. The molecule has 0 fully saturated rings. The smallest absolute Gasteiger partial charge is 0.266 e. The zero-order chi connectivity index (χ0) is 34.2. The van der Waals surface area contributed by atoms with Crippen LogP contribution in [0.4, 0.5) is 0 Å². The Morgan fingerprint density at radius 1 is 0.851 bits per heavy atom. The van der Waals surface area contributed by atoms with Crippen LogP contribution in [0.1, 0.15) is 47.9 Å². The Labute approximate surface area is 275 Å². The molecule has 3 rings (SSSR count). The van der Waals surface area contributed by atoms with Gasteiger partial charge in [-0.1, -0.05) is 84.9 Å². The molecule has 13 nitrogen and oxygen atoms in total. The van der Waals surface area contributed by atoms with E-state index in [-0.39, 0.29) is 55.7 Å². The summed E-state index contributed by atoms with van der Waals surface area (Å²) in [6.45, 7) is 3.00. The Bertz CT molecular complexity index is 1440. The van der Waals surface area contributed by atoms with E-state index in [0.717, 1.165) is 22.3 Å². The molecule has 250 valence electrons. The lowest BCUT2D eigenvalue weighted by Gasteiger charge is -2.23. The second-order valence-electron chi connectivity index (χ2n) is 11.4. The van der Waals surface area contributed by atoms with Crippen LogP contribution in [0, 0.1) is 10.1 Å². The number of hydrogen-bond donors (Lipinski definition) is 5. The van der Waals surface area contributed by atoms with Crippen molar-refractivity contribution in [2.24, 2.45) is 10.8 Å². The third kappa shape index (κ3) is 12.5. The van der Waals surface area contributed by atoms with E-state index in [9.17, 15) is 24.5 Å². The number of hydrazone groups is 1. The maximum absolute atomic E-state index is 13.8. The van der Waals surface area contributed by atoms with Gasteiger partial charge in [-0.15, -0.1) is 0 Å². The summed E-state index contributed by atoms with van der Waals surface area (Å²) in [6, 6.07) is 25.3. The number of amides is 3. The number of nitro groups is 1. The zero-order valence-corrected chi connectivity index (χ0v) is 27.0. The molecule has 0 aromatic heterocycles. The van der Waals surface area contributed by atoms with E-state index in [1.54, 1.807) is 0 Å². The predicted octanol–water partition coefficient (Wildman–Crippen LogP) is 2.10. The molecular weight excluding hydrogens is 600 g/mol. The van der Waals surface area contributed by atoms with Crippen molar-refractivity contribution in [1.82, 2.24) is 26.2 Å². The van der Waals surface area contributed by atoms with Crippen molar-refractivity contribution in [3.63, 3.8) is 0 Å². The summed E-state index contributed by atoms with van der Waals surface area (Å²) in [5, 5.41) is 24.1. The summed E-state index contributed by atoms with van der Waals surface area (Å²) in [6.07, 6.45) is 0.834. The second-order valence-corrected chi connectivity index (χ2v) is 11.4.